The van der Waals surface area contributed by atoms with Crippen molar-refractivity contribution in [2.24, 2.45) is 5.73 Å². The van der Waals surface area contributed by atoms with Gasteiger partial charge in [0.2, 0.25) is 5.88 Å². The minimum atomic E-state index is -0.571. The summed E-state index contributed by atoms with van der Waals surface area (Å²) >= 11 is 0. The van der Waals surface area contributed by atoms with Crippen molar-refractivity contribution in [3.63, 3.8) is 0 Å². The summed E-state index contributed by atoms with van der Waals surface area (Å²) in [6.45, 7) is 5.59. The molecule has 0 unspecified atom stereocenters. The number of hydrogen-bond acceptors (Lipinski definition) is 5. The van der Waals surface area contributed by atoms with E-state index < -0.39 is 11.9 Å². The molecule has 1 atom stereocenters. The standard InChI is InChI=1S/C17H18N2O3/c1-4-21-17(20)14-11(3)22-16(19)13(9-18)15(14)12-7-5-10(2)6-8-12/h5-8,15H,4,19H2,1-3H3/t15-/m0/s1. The van der Waals surface area contributed by atoms with Gasteiger partial charge in [0, 0.05) is 0 Å². The van der Waals surface area contributed by atoms with Gasteiger partial charge in [-0.2, -0.15) is 5.26 Å². The second-order valence-corrected chi connectivity index (χ2v) is 5.03. The number of ether oxygens (including phenoxy) is 2. The molecule has 1 aromatic rings. The van der Waals surface area contributed by atoms with E-state index in [1.165, 1.54) is 0 Å². The largest absolute Gasteiger partial charge is 0.463 e. The molecule has 0 bridgehead atoms. The first-order valence-electron chi connectivity index (χ1n) is 7.01. The Labute approximate surface area is 129 Å². The molecule has 0 aliphatic carbocycles. The predicted molar refractivity (Wildman–Crippen MR) is 81.2 cm³/mol. The van der Waals surface area contributed by atoms with Crippen molar-refractivity contribution in [3.8, 4) is 6.07 Å². The van der Waals surface area contributed by atoms with Crippen molar-refractivity contribution < 1.29 is 14.3 Å². The van der Waals surface area contributed by atoms with E-state index in [2.05, 4.69) is 6.07 Å². The quantitative estimate of drug-likeness (QED) is 0.867. The van der Waals surface area contributed by atoms with Crippen molar-refractivity contribution in [2.45, 2.75) is 26.7 Å². The normalized spacial score (nSPS) is 17.8. The zero-order valence-corrected chi connectivity index (χ0v) is 12.8. The van der Waals surface area contributed by atoms with Gasteiger partial charge in [-0.05, 0) is 26.3 Å². The maximum atomic E-state index is 12.3. The Hall–Kier alpha value is -2.74. The molecule has 1 aromatic carbocycles. The molecule has 0 fully saturated rings. The average molecular weight is 298 g/mol. The highest BCUT2D eigenvalue weighted by Gasteiger charge is 2.36. The Morgan fingerprint density at radius 3 is 2.55 bits per heavy atom. The minimum absolute atomic E-state index is 0.0265. The van der Waals surface area contributed by atoms with Gasteiger partial charge in [-0.25, -0.2) is 4.79 Å². The molecular formula is C17H18N2O3. The van der Waals surface area contributed by atoms with Gasteiger partial charge in [-0.1, -0.05) is 29.8 Å². The number of carbonyl (C=O) groups excluding carboxylic acids is 1. The SMILES string of the molecule is CCOC(=O)C1=C(C)OC(N)=C(C#N)[C@@H]1c1ccc(C)cc1. The number of rotatable bonds is 3. The summed E-state index contributed by atoms with van der Waals surface area (Å²) in [5, 5.41) is 9.42. The molecule has 1 heterocycles. The Balaban J connectivity index is 2.59. The number of nitrogens with two attached hydrogens (primary N) is 1. The average Bonchev–Trinajstić information content (AvgIpc) is 2.47. The number of hydrogen-bond donors (Lipinski definition) is 1. The summed E-state index contributed by atoms with van der Waals surface area (Å²) in [7, 11) is 0. The van der Waals surface area contributed by atoms with E-state index in [4.69, 9.17) is 15.2 Å². The topological polar surface area (TPSA) is 85.3 Å². The molecule has 0 saturated heterocycles. The molecular weight excluding hydrogens is 280 g/mol. The fraction of sp³-hybridized carbons (Fsp3) is 0.294. The van der Waals surface area contributed by atoms with Gasteiger partial charge in [0.1, 0.15) is 17.4 Å². The zero-order valence-electron chi connectivity index (χ0n) is 12.8. The number of esters is 1. The first-order valence-corrected chi connectivity index (χ1v) is 7.01. The molecule has 0 saturated carbocycles. The van der Waals surface area contributed by atoms with Gasteiger partial charge in [-0.15, -0.1) is 0 Å². The van der Waals surface area contributed by atoms with Gasteiger partial charge in [0.05, 0.1) is 18.1 Å². The second kappa shape index (κ2) is 6.35. The van der Waals surface area contributed by atoms with Gasteiger partial charge >= 0.3 is 5.97 Å². The molecule has 0 spiro atoms. The monoisotopic (exact) mass is 298 g/mol. The van der Waals surface area contributed by atoms with Gasteiger partial charge < -0.3 is 15.2 Å². The Morgan fingerprint density at radius 2 is 2.00 bits per heavy atom. The summed E-state index contributed by atoms with van der Waals surface area (Å²) in [5.41, 5.74) is 8.25. The lowest BCUT2D eigenvalue weighted by Crippen LogP contribution is -2.25. The van der Waals surface area contributed by atoms with Crippen LogP contribution in [0.5, 0.6) is 0 Å². The molecule has 1 aliphatic rings. The van der Waals surface area contributed by atoms with E-state index >= 15 is 0 Å². The lowest BCUT2D eigenvalue weighted by atomic mass is 9.83. The van der Waals surface area contributed by atoms with E-state index in [9.17, 15) is 10.1 Å². The molecule has 0 aromatic heterocycles. The summed E-state index contributed by atoms with van der Waals surface area (Å²) in [6.07, 6.45) is 0. The first kappa shape index (κ1) is 15.6. The molecule has 0 amide bonds. The first-order chi connectivity index (χ1) is 10.5. The molecule has 5 nitrogen and oxygen atoms in total. The van der Waals surface area contributed by atoms with Crippen LogP contribution < -0.4 is 5.73 Å². The van der Waals surface area contributed by atoms with Crippen molar-refractivity contribution in [2.75, 3.05) is 6.61 Å². The van der Waals surface area contributed by atoms with Crippen molar-refractivity contribution in [1.29, 1.82) is 5.26 Å². The number of aryl methyl sites for hydroxylation is 1. The van der Waals surface area contributed by atoms with Crippen LogP contribution >= 0.6 is 0 Å². The van der Waals surface area contributed by atoms with Crippen LogP contribution in [0.4, 0.5) is 0 Å². The molecule has 114 valence electrons. The Morgan fingerprint density at radius 1 is 1.36 bits per heavy atom. The van der Waals surface area contributed by atoms with E-state index in [1.54, 1.807) is 13.8 Å². The van der Waals surface area contributed by atoms with Gasteiger partial charge in [-0.3, -0.25) is 0 Å². The summed E-state index contributed by atoms with van der Waals surface area (Å²) in [6, 6.07) is 9.66. The number of benzene rings is 1. The fourth-order valence-corrected chi connectivity index (χ4v) is 2.45. The van der Waals surface area contributed by atoms with Gasteiger partial charge in [0.25, 0.3) is 0 Å². The molecule has 0 radical (unpaired) electrons. The van der Waals surface area contributed by atoms with Crippen molar-refractivity contribution in [3.05, 3.63) is 58.2 Å². The lowest BCUT2D eigenvalue weighted by Gasteiger charge is -2.26. The molecule has 5 heteroatoms. The molecule has 2 rings (SSSR count). The highest BCUT2D eigenvalue weighted by atomic mass is 16.5. The predicted octanol–water partition coefficient (Wildman–Crippen LogP) is 2.64. The number of carbonyl (C=O) groups is 1. The Bertz CT molecular complexity index is 694. The number of allylic oxidation sites excluding steroid dienone is 2. The van der Waals surface area contributed by atoms with Crippen LogP contribution in [0.1, 0.15) is 30.9 Å². The van der Waals surface area contributed by atoms with Crippen LogP contribution in [0, 0.1) is 18.3 Å². The van der Waals surface area contributed by atoms with E-state index in [0.717, 1.165) is 11.1 Å². The van der Waals surface area contributed by atoms with E-state index in [1.807, 2.05) is 31.2 Å². The van der Waals surface area contributed by atoms with Crippen molar-refractivity contribution >= 4 is 5.97 Å². The molecule has 22 heavy (non-hydrogen) atoms. The van der Waals surface area contributed by atoms with Crippen LogP contribution in [0.2, 0.25) is 0 Å². The van der Waals surface area contributed by atoms with Crippen molar-refractivity contribution in [1.82, 2.24) is 0 Å². The van der Waals surface area contributed by atoms with Crippen LogP contribution in [-0.2, 0) is 14.3 Å². The van der Waals surface area contributed by atoms with E-state index in [0.29, 0.717) is 11.3 Å². The smallest absolute Gasteiger partial charge is 0.338 e. The Kier molecular flexibility index (Phi) is 4.52. The summed E-state index contributed by atoms with van der Waals surface area (Å²) < 4.78 is 10.5. The van der Waals surface area contributed by atoms with Crippen LogP contribution in [-0.4, -0.2) is 12.6 Å². The second-order valence-electron chi connectivity index (χ2n) is 5.03. The molecule has 2 N–H and O–H groups in total. The third-order valence-corrected chi connectivity index (χ3v) is 3.51. The highest BCUT2D eigenvalue weighted by Crippen LogP contribution is 2.39. The van der Waals surface area contributed by atoms with Gasteiger partial charge in [0.15, 0.2) is 0 Å². The highest BCUT2D eigenvalue weighted by molar-refractivity contribution is 5.92. The summed E-state index contributed by atoms with van der Waals surface area (Å²) in [5.74, 6) is -0.677. The van der Waals surface area contributed by atoms with Crippen LogP contribution in [0.3, 0.4) is 0 Å². The number of nitrogens with zero attached hydrogens (tertiary/aromatic N) is 1. The maximum absolute atomic E-state index is 12.3. The third kappa shape index (κ3) is 2.82. The third-order valence-electron chi connectivity index (χ3n) is 3.51. The minimum Gasteiger partial charge on any atom is -0.463 e. The zero-order chi connectivity index (χ0) is 16.3. The lowest BCUT2D eigenvalue weighted by molar-refractivity contribution is -0.139. The molecule has 1 aliphatic heterocycles. The number of nitriles is 1. The summed E-state index contributed by atoms with van der Waals surface area (Å²) in [4.78, 5) is 12.3. The van der Waals surface area contributed by atoms with Crippen LogP contribution in [0.15, 0.2) is 47.1 Å². The maximum Gasteiger partial charge on any atom is 0.338 e. The fourth-order valence-electron chi connectivity index (χ4n) is 2.45. The van der Waals surface area contributed by atoms with E-state index in [-0.39, 0.29) is 18.1 Å². The van der Waals surface area contributed by atoms with Crippen LogP contribution in [0.25, 0.3) is 0 Å².